The summed E-state index contributed by atoms with van der Waals surface area (Å²) >= 11 is 3.67. The normalized spacial score (nSPS) is 34.0. The Morgan fingerprint density at radius 2 is 1.83 bits per heavy atom. The molecule has 0 aromatic heterocycles. The zero-order chi connectivity index (χ0) is 22.3. The molecule has 3 amide bonds. The lowest BCUT2D eigenvalue weighted by atomic mass is 9.93. The topological polar surface area (TPSA) is 93.7 Å². The lowest BCUT2D eigenvalue weighted by Gasteiger charge is -2.27. The van der Waals surface area contributed by atoms with Crippen LogP contribution in [-0.4, -0.2) is 65.5 Å². The van der Waals surface area contributed by atoms with Gasteiger partial charge in [0.2, 0.25) is 5.91 Å². The zero-order valence-electron chi connectivity index (χ0n) is 18.5. The summed E-state index contributed by atoms with van der Waals surface area (Å²) in [7, 11) is 3.11. The van der Waals surface area contributed by atoms with E-state index in [4.69, 9.17) is 9.57 Å². The minimum atomic E-state index is -1.22. The van der Waals surface area contributed by atoms with Crippen molar-refractivity contribution in [3.05, 3.63) is 9.81 Å². The third kappa shape index (κ3) is 4.24. The Morgan fingerprint density at radius 3 is 2.33 bits per heavy atom. The highest BCUT2D eigenvalue weighted by atomic mass is 32.2. The number of thioether (sulfide) groups is 2. The number of alkyl carbamates (subject to hydrolysis) is 1. The molecule has 1 saturated carbocycles. The van der Waals surface area contributed by atoms with E-state index in [1.165, 1.54) is 30.3 Å². The van der Waals surface area contributed by atoms with Crippen LogP contribution < -0.4 is 10.6 Å². The first-order valence-electron chi connectivity index (χ1n) is 10.2. The highest BCUT2D eigenvalue weighted by molar-refractivity contribution is 8.22. The predicted octanol–water partition coefficient (Wildman–Crippen LogP) is 2.75. The molecule has 30 heavy (non-hydrogen) atoms. The number of hydrogen-bond acceptors (Lipinski definition) is 7. The molecular weight excluding hydrogens is 426 g/mol. The van der Waals surface area contributed by atoms with Gasteiger partial charge in [-0.25, -0.2) is 9.59 Å². The van der Waals surface area contributed by atoms with Crippen LogP contribution in [0.5, 0.6) is 0 Å². The van der Waals surface area contributed by atoms with E-state index < -0.39 is 17.4 Å². The summed E-state index contributed by atoms with van der Waals surface area (Å²) in [6, 6.07) is -0.351. The number of nitrogens with one attached hydrogen (secondary N) is 2. The molecule has 3 aliphatic rings. The fourth-order valence-corrected chi connectivity index (χ4v) is 7.11. The largest absolute Gasteiger partial charge is 0.444 e. The third-order valence-corrected chi connectivity index (χ3v) is 8.56. The highest BCUT2D eigenvalue weighted by Crippen LogP contribution is 2.55. The Kier molecular flexibility index (Phi) is 6.54. The number of carbonyl (C=O) groups excluding carboxylic acids is 3. The first kappa shape index (κ1) is 23.4. The van der Waals surface area contributed by atoms with Crippen molar-refractivity contribution in [1.82, 2.24) is 10.6 Å². The Bertz CT molecular complexity index is 773. The molecule has 0 bridgehead atoms. The average molecular weight is 459 g/mol. The van der Waals surface area contributed by atoms with Crippen LogP contribution in [0.1, 0.15) is 47.0 Å². The number of amides is 3. The molecular formula is C20H32N3O5S2+. The van der Waals surface area contributed by atoms with Crippen molar-refractivity contribution >= 4 is 41.4 Å². The van der Waals surface area contributed by atoms with Crippen molar-refractivity contribution in [3.63, 3.8) is 0 Å². The zero-order valence-corrected chi connectivity index (χ0v) is 20.1. The Hall–Kier alpha value is -1.23. The van der Waals surface area contributed by atoms with Gasteiger partial charge < -0.3 is 10.1 Å². The van der Waals surface area contributed by atoms with Crippen molar-refractivity contribution < 1.29 is 28.6 Å². The number of quaternary nitrogens is 1. The summed E-state index contributed by atoms with van der Waals surface area (Å²) in [5, 5.41) is 5.84. The van der Waals surface area contributed by atoms with Crippen molar-refractivity contribution in [2.24, 2.45) is 5.92 Å². The molecule has 168 valence electrons. The van der Waals surface area contributed by atoms with Crippen LogP contribution >= 0.6 is 23.5 Å². The van der Waals surface area contributed by atoms with Crippen molar-refractivity contribution in [3.8, 4) is 0 Å². The molecule has 2 N–H and O–H groups in total. The van der Waals surface area contributed by atoms with E-state index in [0.29, 0.717) is 12.8 Å². The lowest BCUT2D eigenvalue weighted by molar-refractivity contribution is -0.981. The molecule has 1 aliphatic carbocycles. The molecule has 2 saturated heterocycles. The second-order valence-electron chi connectivity index (χ2n) is 9.07. The summed E-state index contributed by atoms with van der Waals surface area (Å²) < 4.78 is 6.40. The average Bonchev–Trinajstić information content (AvgIpc) is 2.94. The van der Waals surface area contributed by atoms with E-state index in [0.717, 1.165) is 11.5 Å². The second kappa shape index (κ2) is 8.37. The first-order chi connectivity index (χ1) is 13.9. The van der Waals surface area contributed by atoms with E-state index in [1.807, 2.05) is 44.3 Å². The van der Waals surface area contributed by atoms with Gasteiger partial charge in [0, 0.05) is 17.2 Å². The van der Waals surface area contributed by atoms with E-state index in [2.05, 4.69) is 10.6 Å². The standard InChI is InChI=1S/C20H31N3O5S2/c1-12(24)22-20(17(25)23(20,5)27-6)14-10-13(16-29-8-7-9-30-16)11-15(14)21-18(26)28-19(2,3)4/h14-15H,7-11H2,1-6H3,(H-,21,22,24,26)/p+1/t14-,15-,20?,23?/m0/s1. The van der Waals surface area contributed by atoms with Crippen molar-refractivity contribution in [2.75, 3.05) is 25.7 Å². The van der Waals surface area contributed by atoms with E-state index in [9.17, 15) is 14.4 Å². The van der Waals surface area contributed by atoms with Gasteiger partial charge >= 0.3 is 17.7 Å². The van der Waals surface area contributed by atoms with Crippen LogP contribution in [0.25, 0.3) is 0 Å². The number of nitrogens with zero attached hydrogens (tertiary/aromatic N) is 1. The SMILES string of the molecule is CO[N+]1(C)C(=O)C1(NC(C)=O)[C@H]1CC(=C2SCCCS2)C[C@@H]1NC(=O)OC(C)(C)C. The Balaban J connectivity index is 1.94. The molecule has 8 nitrogen and oxygen atoms in total. The van der Waals surface area contributed by atoms with Crippen LogP contribution in [0.2, 0.25) is 0 Å². The van der Waals surface area contributed by atoms with Gasteiger partial charge in [0.05, 0.1) is 13.0 Å². The number of hydroxylamine groups is 3. The van der Waals surface area contributed by atoms with Gasteiger partial charge in [0.15, 0.2) is 0 Å². The molecule has 3 fully saturated rings. The third-order valence-electron chi connectivity index (χ3n) is 5.77. The molecule has 2 aliphatic heterocycles. The minimum Gasteiger partial charge on any atom is -0.444 e. The van der Waals surface area contributed by atoms with E-state index >= 15 is 0 Å². The molecule has 0 aromatic carbocycles. The maximum atomic E-state index is 13.0. The van der Waals surface area contributed by atoms with Crippen LogP contribution in [0.3, 0.4) is 0 Å². The van der Waals surface area contributed by atoms with Crippen LogP contribution in [0.4, 0.5) is 4.79 Å². The number of hydrogen-bond donors (Lipinski definition) is 2. The number of ether oxygens (including phenoxy) is 1. The molecule has 3 rings (SSSR count). The van der Waals surface area contributed by atoms with E-state index in [1.54, 1.807) is 7.05 Å². The maximum absolute atomic E-state index is 13.0. The molecule has 2 heterocycles. The van der Waals surface area contributed by atoms with Gasteiger partial charge in [-0.2, -0.15) is 4.84 Å². The van der Waals surface area contributed by atoms with Gasteiger partial charge in [0.25, 0.3) is 0 Å². The fourth-order valence-electron chi connectivity index (χ4n) is 4.41. The van der Waals surface area contributed by atoms with Crippen molar-refractivity contribution in [2.45, 2.75) is 64.3 Å². The summed E-state index contributed by atoms with van der Waals surface area (Å²) in [6.45, 7) is 6.82. The lowest BCUT2D eigenvalue weighted by Crippen LogP contribution is -2.56. The smallest absolute Gasteiger partial charge is 0.435 e. The predicted molar refractivity (Wildman–Crippen MR) is 117 cm³/mol. The molecule has 4 atom stereocenters. The molecule has 0 aromatic rings. The fraction of sp³-hybridized carbons (Fsp3) is 0.750. The minimum absolute atomic E-state index is 0.212. The monoisotopic (exact) mass is 458 g/mol. The van der Waals surface area contributed by atoms with Gasteiger partial charge in [-0.1, -0.05) is 4.65 Å². The van der Waals surface area contributed by atoms with Gasteiger partial charge in [-0.05, 0) is 57.1 Å². The summed E-state index contributed by atoms with van der Waals surface area (Å²) in [5.41, 5.74) is -0.619. The maximum Gasteiger partial charge on any atom is 0.435 e. The molecule has 2 unspecified atom stereocenters. The number of carbonyl (C=O) groups is 3. The molecule has 0 radical (unpaired) electrons. The van der Waals surface area contributed by atoms with Gasteiger partial charge in [-0.3, -0.25) is 10.1 Å². The quantitative estimate of drug-likeness (QED) is 0.494. The number of likely N-dealkylation sites (N-methyl/N-ethyl adjacent to an activating group) is 1. The highest BCUT2D eigenvalue weighted by Gasteiger charge is 2.87. The summed E-state index contributed by atoms with van der Waals surface area (Å²) in [4.78, 5) is 43.1. The van der Waals surface area contributed by atoms with Crippen LogP contribution in [-0.2, 0) is 19.2 Å². The molecule has 0 spiro atoms. The summed E-state index contributed by atoms with van der Waals surface area (Å²) in [6.07, 6.45) is 1.88. The van der Waals surface area contributed by atoms with Crippen molar-refractivity contribution in [1.29, 1.82) is 0 Å². The Morgan fingerprint density at radius 1 is 1.20 bits per heavy atom. The van der Waals surface area contributed by atoms with Gasteiger partial charge in [0.1, 0.15) is 12.6 Å². The Labute approximate surface area is 186 Å². The van der Waals surface area contributed by atoms with E-state index in [-0.39, 0.29) is 28.4 Å². The summed E-state index contributed by atoms with van der Waals surface area (Å²) in [5.74, 6) is 1.29. The second-order valence-corrected chi connectivity index (χ2v) is 11.5. The number of rotatable bonds is 4. The van der Waals surface area contributed by atoms with Gasteiger partial charge in [-0.15, -0.1) is 23.5 Å². The van der Waals surface area contributed by atoms with Crippen LogP contribution in [0, 0.1) is 5.92 Å². The molecule has 10 heteroatoms. The van der Waals surface area contributed by atoms with Crippen LogP contribution in [0.15, 0.2) is 9.81 Å². The first-order valence-corrected chi connectivity index (χ1v) is 12.1.